The molecule has 0 aliphatic heterocycles. The van der Waals surface area contributed by atoms with Gasteiger partial charge in [-0.15, -0.1) is 0 Å². The van der Waals surface area contributed by atoms with Crippen LogP contribution in [0.1, 0.15) is 25.1 Å². The molecule has 1 aromatic carbocycles. The van der Waals surface area contributed by atoms with Gasteiger partial charge < -0.3 is 42.0 Å². The third-order valence-electron chi connectivity index (χ3n) is 5.44. The number of aromatic hydroxyl groups is 1. The van der Waals surface area contributed by atoms with Crippen molar-refractivity contribution in [2.45, 2.75) is 50.9 Å². The summed E-state index contributed by atoms with van der Waals surface area (Å²) in [5.74, 6) is -3.76. The second kappa shape index (κ2) is 13.2. The van der Waals surface area contributed by atoms with E-state index in [1.165, 1.54) is 24.7 Å². The third kappa shape index (κ3) is 8.36. The maximum absolute atomic E-state index is 13.3. The number of phenols is 1. The molecule has 0 radical (unpaired) electrons. The Morgan fingerprint density at radius 3 is 2.00 bits per heavy atom. The lowest BCUT2D eigenvalue weighted by atomic mass is 10.0. The van der Waals surface area contributed by atoms with E-state index in [4.69, 9.17) is 10.8 Å². The van der Waals surface area contributed by atoms with Crippen LogP contribution in [-0.4, -0.2) is 79.8 Å². The van der Waals surface area contributed by atoms with Crippen LogP contribution in [0.2, 0.25) is 0 Å². The number of hydrogen-bond acceptors (Lipinski definition) is 8. The van der Waals surface area contributed by atoms with Gasteiger partial charge in [0.05, 0.1) is 19.0 Å². The summed E-state index contributed by atoms with van der Waals surface area (Å²) >= 11 is 0. The summed E-state index contributed by atoms with van der Waals surface area (Å²) in [4.78, 5) is 56.7. The van der Waals surface area contributed by atoms with E-state index in [1.807, 2.05) is 0 Å². The number of H-pyrrole nitrogens is 1. The molecule has 9 N–H and O–H groups in total. The van der Waals surface area contributed by atoms with Gasteiger partial charge in [0.15, 0.2) is 0 Å². The van der Waals surface area contributed by atoms with Crippen molar-refractivity contribution in [2.75, 3.05) is 6.61 Å². The van der Waals surface area contributed by atoms with Crippen molar-refractivity contribution < 1.29 is 34.5 Å². The van der Waals surface area contributed by atoms with Gasteiger partial charge in [0, 0.05) is 24.7 Å². The third-order valence-corrected chi connectivity index (χ3v) is 5.44. The number of aromatic nitrogens is 2. The zero-order chi connectivity index (χ0) is 26.8. The lowest BCUT2D eigenvalue weighted by Crippen LogP contribution is -2.58. The molecule has 0 aliphatic carbocycles. The van der Waals surface area contributed by atoms with Gasteiger partial charge in [-0.25, -0.2) is 9.78 Å². The number of rotatable bonds is 13. The fourth-order valence-electron chi connectivity index (χ4n) is 3.20. The monoisotopic (exact) mass is 504 g/mol. The molecule has 0 fully saturated rings. The molecule has 3 amide bonds. The summed E-state index contributed by atoms with van der Waals surface area (Å²) in [5, 5.41) is 35.3. The molecule has 4 unspecified atom stereocenters. The first-order valence-corrected chi connectivity index (χ1v) is 11.3. The number of carboxylic acids is 1. The lowest BCUT2D eigenvalue weighted by molar-refractivity contribution is -0.143. The number of hydrogen-bond donors (Lipinski definition) is 8. The number of nitrogens with one attached hydrogen (secondary N) is 4. The fourth-order valence-corrected chi connectivity index (χ4v) is 3.20. The van der Waals surface area contributed by atoms with E-state index in [0.29, 0.717) is 11.3 Å². The number of carbonyl (C=O) groups excluding carboxylic acids is 3. The first kappa shape index (κ1) is 28.3. The molecule has 4 atom stereocenters. The topological polar surface area (TPSA) is 220 Å². The minimum absolute atomic E-state index is 0.0233. The van der Waals surface area contributed by atoms with Crippen molar-refractivity contribution in [1.82, 2.24) is 25.9 Å². The SMILES string of the molecule is CC(C)C(N)C(=O)NC(Cc1ccc(O)cc1)C(=O)NC(Cc1cnc[nH]1)C(=O)NC(CO)C(=O)O. The van der Waals surface area contributed by atoms with Crippen LogP contribution in [0.15, 0.2) is 36.8 Å². The zero-order valence-corrected chi connectivity index (χ0v) is 20.0. The summed E-state index contributed by atoms with van der Waals surface area (Å²) < 4.78 is 0. The van der Waals surface area contributed by atoms with Crippen molar-refractivity contribution >= 4 is 23.7 Å². The molecule has 36 heavy (non-hydrogen) atoms. The second-order valence-electron chi connectivity index (χ2n) is 8.63. The van der Waals surface area contributed by atoms with Crippen LogP contribution in [0.25, 0.3) is 0 Å². The Morgan fingerprint density at radius 2 is 1.50 bits per heavy atom. The van der Waals surface area contributed by atoms with Gasteiger partial charge in [0.2, 0.25) is 17.7 Å². The number of aromatic amines is 1. The van der Waals surface area contributed by atoms with Gasteiger partial charge >= 0.3 is 5.97 Å². The van der Waals surface area contributed by atoms with Crippen molar-refractivity contribution in [3.8, 4) is 5.75 Å². The van der Waals surface area contributed by atoms with E-state index >= 15 is 0 Å². The average Bonchev–Trinajstić information content (AvgIpc) is 3.35. The minimum Gasteiger partial charge on any atom is -0.508 e. The summed E-state index contributed by atoms with van der Waals surface area (Å²) in [6.07, 6.45) is 2.77. The minimum atomic E-state index is -1.57. The number of carbonyl (C=O) groups is 4. The number of carboxylic acid groups (broad SMARTS) is 1. The molecule has 0 saturated heterocycles. The van der Waals surface area contributed by atoms with Gasteiger partial charge in [-0.1, -0.05) is 26.0 Å². The zero-order valence-electron chi connectivity index (χ0n) is 20.0. The fraction of sp³-hybridized carbons (Fsp3) is 0.435. The van der Waals surface area contributed by atoms with E-state index in [1.54, 1.807) is 26.0 Å². The second-order valence-corrected chi connectivity index (χ2v) is 8.63. The Labute approximate surface area is 207 Å². The van der Waals surface area contributed by atoms with Crippen molar-refractivity contribution in [3.05, 3.63) is 48.0 Å². The molecule has 0 saturated carbocycles. The Balaban J connectivity index is 2.27. The van der Waals surface area contributed by atoms with Crippen molar-refractivity contribution in [3.63, 3.8) is 0 Å². The average molecular weight is 505 g/mol. The molecule has 1 aromatic heterocycles. The number of aliphatic hydroxyl groups is 1. The van der Waals surface area contributed by atoms with Crippen LogP contribution in [0, 0.1) is 5.92 Å². The summed E-state index contributed by atoms with van der Waals surface area (Å²) in [7, 11) is 0. The summed E-state index contributed by atoms with van der Waals surface area (Å²) in [6.45, 7) is 2.66. The van der Waals surface area contributed by atoms with Crippen LogP contribution in [0.5, 0.6) is 5.75 Å². The summed E-state index contributed by atoms with van der Waals surface area (Å²) in [5.41, 5.74) is 7.03. The highest BCUT2D eigenvalue weighted by Crippen LogP contribution is 2.12. The van der Waals surface area contributed by atoms with E-state index in [0.717, 1.165) is 0 Å². The lowest BCUT2D eigenvalue weighted by Gasteiger charge is -2.25. The number of benzene rings is 1. The van der Waals surface area contributed by atoms with Crippen LogP contribution >= 0.6 is 0 Å². The maximum atomic E-state index is 13.3. The largest absolute Gasteiger partial charge is 0.508 e. The number of imidazole rings is 1. The van der Waals surface area contributed by atoms with Gasteiger partial charge in [0.1, 0.15) is 23.9 Å². The predicted molar refractivity (Wildman–Crippen MR) is 127 cm³/mol. The molecular weight excluding hydrogens is 472 g/mol. The van der Waals surface area contributed by atoms with E-state index in [2.05, 4.69) is 25.9 Å². The first-order chi connectivity index (χ1) is 17.0. The predicted octanol–water partition coefficient (Wildman–Crippen LogP) is -1.58. The molecule has 0 aliphatic rings. The highest BCUT2D eigenvalue weighted by molar-refractivity contribution is 5.94. The van der Waals surface area contributed by atoms with Gasteiger partial charge in [-0.05, 0) is 23.6 Å². The molecule has 196 valence electrons. The molecular formula is C23H32N6O7. The molecule has 0 bridgehead atoms. The molecule has 13 heteroatoms. The maximum Gasteiger partial charge on any atom is 0.328 e. The van der Waals surface area contributed by atoms with Crippen LogP contribution in [0.4, 0.5) is 0 Å². The van der Waals surface area contributed by atoms with E-state index in [-0.39, 0.29) is 24.5 Å². The quantitative estimate of drug-likeness (QED) is 0.157. The van der Waals surface area contributed by atoms with Crippen LogP contribution < -0.4 is 21.7 Å². The summed E-state index contributed by atoms with van der Waals surface area (Å²) in [6, 6.07) is 1.17. The number of nitrogens with zero attached hydrogens (tertiary/aromatic N) is 1. The standard InChI is InChI=1S/C23H32N6O7/c1-12(2)19(24)22(34)28-16(7-13-3-5-15(31)6-4-13)20(32)27-17(8-14-9-25-11-26-14)21(33)29-18(10-30)23(35)36/h3-6,9,11-12,16-19,30-31H,7-8,10,24H2,1-2H3,(H,25,26)(H,27,32)(H,28,34)(H,29,33)(H,35,36). The number of aliphatic hydroxyl groups excluding tert-OH is 1. The number of nitrogens with two attached hydrogens (primary N) is 1. The molecule has 2 aromatic rings. The van der Waals surface area contributed by atoms with E-state index < -0.39 is 54.5 Å². The van der Waals surface area contributed by atoms with Crippen molar-refractivity contribution in [1.29, 1.82) is 0 Å². The number of amides is 3. The Bertz CT molecular complexity index is 1030. The first-order valence-electron chi connectivity index (χ1n) is 11.3. The van der Waals surface area contributed by atoms with Crippen LogP contribution in [0.3, 0.4) is 0 Å². The molecule has 13 nitrogen and oxygen atoms in total. The van der Waals surface area contributed by atoms with Gasteiger partial charge in [-0.3, -0.25) is 14.4 Å². The molecule has 2 rings (SSSR count). The molecule has 1 heterocycles. The van der Waals surface area contributed by atoms with Crippen molar-refractivity contribution in [2.24, 2.45) is 11.7 Å². The normalized spacial score (nSPS) is 14.4. The molecule has 0 spiro atoms. The number of aliphatic carboxylic acids is 1. The number of phenolic OH excluding ortho intramolecular Hbond substituents is 1. The Morgan fingerprint density at radius 1 is 0.944 bits per heavy atom. The Hall–Kier alpha value is -3.97. The highest BCUT2D eigenvalue weighted by atomic mass is 16.4. The van der Waals surface area contributed by atoms with Crippen LogP contribution in [-0.2, 0) is 32.0 Å². The Kier molecular flexibility index (Phi) is 10.4. The van der Waals surface area contributed by atoms with Gasteiger partial charge in [0.25, 0.3) is 0 Å². The smallest absolute Gasteiger partial charge is 0.328 e. The van der Waals surface area contributed by atoms with Gasteiger partial charge in [-0.2, -0.15) is 0 Å². The van der Waals surface area contributed by atoms with E-state index in [9.17, 15) is 29.4 Å². The highest BCUT2D eigenvalue weighted by Gasteiger charge is 2.31.